The fourth-order valence-corrected chi connectivity index (χ4v) is 3.57. The molecule has 0 heterocycles. The van der Waals surface area contributed by atoms with Gasteiger partial charge >= 0.3 is 30.2 Å². The molecule has 0 fully saturated rings. The van der Waals surface area contributed by atoms with Crippen LogP contribution in [0.15, 0.2) is 54.6 Å². The number of nitrogens with one attached hydrogen (secondary N) is 1. The molecule has 0 spiro atoms. The number of hydrogen-bond donors (Lipinski definition) is 1. The first kappa shape index (κ1) is 34.6. The van der Waals surface area contributed by atoms with Gasteiger partial charge in [-0.05, 0) is 71.2 Å². The summed E-state index contributed by atoms with van der Waals surface area (Å²) in [6.07, 6.45) is -3.35. The molecule has 0 aliphatic rings. The molecule has 234 valence electrons. The largest absolute Gasteiger partial charge is 0.467 e. The first-order chi connectivity index (χ1) is 20.1. The molecule has 0 unspecified atom stereocenters. The van der Waals surface area contributed by atoms with Crippen molar-refractivity contribution in [2.75, 3.05) is 13.7 Å². The SMILES string of the molecule is COC(=O)[C@H](CCNC(=O)Oc1cccc(CC(=O)OCc2ccccc2)c1)N(C(=O)OC(C)(C)C)C(=O)OC(C)(C)C. The zero-order chi connectivity index (χ0) is 32.2. The molecule has 0 saturated heterocycles. The molecule has 0 aliphatic carbocycles. The Hall–Kier alpha value is -4.61. The van der Waals surface area contributed by atoms with E-state index in [0.29, 0.717) is 10.5 Å². The van der Waals surface area contributed by atoms with Crippen LogP contribution in [-0.4, -0.2) is 66.0 Å². The summed E-state index contributed by atoms with van der Waals surface area (Å²) in [5.41, 5.74) is -0.528. The zero-order valence-corrected chi connectivity index (χ0v) is 25.6. The topological polar surface area (TPSA) is 147 Å². The lowest BCUT2D eigenvalue weighted by Crippen LogP contribution is -2.53. The number of hydrogen-bond acceptors (Lipinski definition) is 10. The summed E-state index contributed by atoms with van der Waals surface area (Å²) in [6, 6.07) is 14.2. The average molecular weight is 601 g/mol. The van der Waals surface area contributed by atoms with E-state index >= 15 is 0 Å². The Kier molecular flexibility index (Phi) is 12.5. The van der Waals surface area contributed by atoms with Crippen molar-refractivity contribution in [2.24, 2.45) is 0 Å². The molecule has 1 atom stereocenters. The number of imide groups is 1. The van der Waals surface area contributed by atoms with Gasteiger partial charge in [-0.3, -0.25) is 4.79 Å². The van der Waals surface area contributed by atoms with Gasteiger partial charge in [-0.1, -0.05) is 42.5 Å². The molecule has 0 bridgehead atoms. The minimum absolute atomic E-state index is 0.0301. The van der Waals surface area contributed by atoms with Crippen LogP contribution in [0.3, 0.4) is 0 Å². The van der Waals surface area contributed by atoms with E-state index in [0.717, 1.165) is 12.7 Å². The fourth-order valence-electron chi connectivity index (χ4n) is 3.57. The molecule has 2 aromatic carbocycles. The van der Waals surface area contributed by atoms with E-state index in [-0.39, 0.29) is 31.7 Å². The second-order valence-corrected chi connectivity index (χ2v) is 11.4. The number of nitrogens with zero attached hydrogens (tertiary/aromatic N) is 1. The van der Waals surface area contributed by atoms with Gasteiger partial charge in [0, 0.05) is 6.54 Å². The smallest absolute Gasteiger partial charge is 0.420 e. The fraction of sp³-hybridized carbons (Fsp3) is 0.452. The van der Waals surface area contributed by atoms with Crippen LogP contribution in [0.1, 0.15) is 59.1 Å². The number of ether oxygens (including phenoxy) is 5. The number of esters is 2. The normalized spacial score (nSPS) is 11.9. The van der Waals surface area contributed by atoms with Gasteiger partial charge in [-0.15, -0.1) is 0 Å². The van der Waals surface area contributed by atoms with Gasteiger partial charge in [0.2, 0.25) is 0 Å². The maximum atomic E-state index is 13.0. The lowest BCUT2D eigenvalue weighted by molar-refractivity contribution is -0.147. The maximum Gasteiger partial charge on any atom is 0.420 e. The summed E-state index contributed by atoms with van der Waals surface area (Å²) < 4.78 is 26.1. The second kappa shape index (κ2) is 15.6. The molecule has 2 rings (SSSR count). The molecule has 0 aromatic heterocycles. The highest BCUT2D eigenvalue weighted by atomic mass is 16.6. The van der Waals surface area contributed by atoms with E-state index in [9.17, 15) is 24.0 Å². The van der Waals surface area contributed by atoms with E-state index in [1.54, 1.807) is 53.7 Å². The first-order valence-corrected chi connectivity index (χ1v) is 13.6. The van der Waals surface area contributed by atoms with E-state index in [1.165, 1.54) is 12.1 Å². The number of carbonyl (C=O) groups excluding carboxylic acids is 5. The molecule has 12 heteroatoms. The molecule has 0 saturated carbocycles. The Labute approximate surface area is 251 Å². The van der Waals surface area contributed by atoms with E-state index < -0.39 is 47.5 Å². The number of carbonyl (C=O) groups is 5. The van der Waals surface area contributed by atoms with Crippen molar-refractivity contribution >= 4 is 30.2 Å². The van der Waals surface area contributed by atoms with Crippen molar-refractivity contribution in [3.8, 4) is 5.75 Å². The summed E-state index contributed by atoms with van der Waals surface area (Å²) in [4.78, 5) is 63.9. The van der Waals surface area contributed by atoms with Crippen LogP contribution in [0, 0.1) is 0 Å². The molecule has 3 amide bonds. The molecular formula is C31H40N2O10. The van der Waals surface area contributed by atoms with Gasteiger partial charge in [0.15, 0.2) is 0 Å². The third-order valence-electron chi connectivity index (χ3n) is 5.35. The van der Waals surface area contributed by atoms with Gasteiger partial charge < -0.3 is 29.0 Å². The Morgan fingerprint density at radius 2 is 1.40 bits per heavy atom. The Morgan fingerprint density at radius 3 is 1.95 bits per heavy atom. The third-order valence-corrected chi connectivity index (χ3v) is 5.35. The first-order valence-electron chi connectivity index (χ1n) is 13.6. The van der Waals surface area contributed by atoms with Crippen molar-refractivity contribution in [3.63, 3.8) is 0 Å². The third kappa shape index (κ3) is 12.8. The Balaban J connectivity index is 2.02. The van der Waals surface area contributed by atoms with Crippen molar-refractivity contribution < 1.29 is 47.7 Å². The van der Waals surface area contributed by atoms with Crippen molar-refractivity contribution in [3.05, 3.63) is 65.7 Å². The molecule has 43 heavy (non-hydrogen) atoms. The lowest BCUT2D eigenvalue weighted by Gasteiger charge is -2.32. The van der Waals surface area contributed by atoms with Gasteiger partial charge in [0.05, 0.1) is 13.5 Å². The van der Waals surface area contributed by atoms with Crippen LogP contribution in [0.25, 0.3) is 0 Å². The predicted octanol–water partition coefficient (Wildman–Crippen LogP) is 5.16. The molecule has 1 N–H and O–H groups in total. The monoisotopic (exact) mass is 600 g/mol. The van der Waals surface area contributed by atoms with Gasteiger partial charge in [0.1, 0.15) is 29.6 Å². The van der Waals surface area contributed by atoms with Crippen LogP contribution in [0.5, 0.6) is 5.75 Å². The van der Waals surface area contributed by atoms with E-state index in [2.05, 4.69) is 5.32 Å². The van der Waals surface area contributed by atoms with Crippen molar-refractivity contribution in [1.82, 2.24) is 10.2 Å². The standard InChI is InChI=1S/C31H40N2O10/c1-30(2,3)42-28(37)33(29(38)43-31(4,5)6)24(26(35)39-7)16-17-32-27(36)41-23-15-11-14-22(18-23)19-25(34)40-20-21-12-9-8-10-13-21/h8-15,18,24H,16-17,19-20H2,1-7H3,(H,32,36)/t24-/m0/s1. The molecule has 12 nitrogen and oxygen atoms in total. The number of rotatable bonds is 10. The minimum atomic E-state index is -1.47. The highest BCUT2D eigenvalue weighted by Crippen LogP contribution is 2.19. The minimum Gasteiger partial charge on any atom is -0.467 e. The molecular weight excluding hydrogens is 560 g/mol. The number of benzene rings is 2. The van der Waals surface area contributed by atoms with Gasteiger partial charge in [-0.2, -0.15) is 4.90 Å². The zero-order valence-electron chi connectivity index (χ0n) is 25.6. The van der Waals surface area contributed by atoms with Crippen molar-refractivity contribution in [2.45, 2.75) is 78.2 Å². The summed E-state index contributed by atoms with van der Waals surface area (Å²) in [6.45, 7) is 9.57. The highest BCUT2D eigenvalue weighted by molar-refractivity contribution is 5.94. The van der Waals surface area contributed by atoms with Crippen LogP contribution < -0.4 is 10.1 Å². The second-order valence-electron chi connectivity index (χ2n) is 11.4. The van der Waals surface area contributed by atoms with Crippen LogP contribution >= 0.6 is 0 Å². The predicted molar refractivity (Wildman–Crippen MR) is 155 cm³/mol. The summed E-state index contributed by atoms with van der Waals surface area (Å²) in [5, 5.41) is 2.48. The van der Waals surface area contributed by atoms with Crippen LogP contribution in [0.4, 0.5) is 14.4 Å². The van der Waals surface area contributed by atoms with Crippen LogP contribution in [-0.2, 0) is 41.6 Å². The summed E-state index contributed by atoms with van der Waals surface area (Å²) >= 11 is 0. The summed E-state index contributed by atoms with van der Waals surface area (Å²) in [5.74, 6) is -1.20. The van der Waals surface area contributed by atoms with Gasteiger partial charge in [0.25, 0.3) is 0 Å². The molecule has 0 aliphatic heterocycles. The highest BCUT2D eigenvalue weighted by Gasteiger charge is 2.40. The van der Waals surface area contributed by atoms with Crippen LogP contribution in [0.2, 0.25) is 0 Å². The van der Waals surface area contributed by atoms with E-state index in [4.69, 9.17) is 23.7 Å². The van der Waals surface area contributed by atoms with Gasteiger partial charge in [-0.25, -0.2) is 19.2 Å². The lowest BCUT2D eigenvalue weighted by atomic mass is 10.1. The molecule has 0 radical (unpaired) electrons. The quantitative estimate of drug-likeness (QED) is 0.286. The average Bonchev–Trinajstić information content (AvgIpc) is 2.89. The Bertz CT molecular complexity index is 1240. The number of methoxy groups -OCH3 is 1. The Morgan fingerprint density at radius 1 is 0.814 bits per heavy atom. The molecule has 2 aromatic rings. The van der Waals surface area contributed by atoms with Crippen molar-refractivity contribution in [1.29, 1.82) is 0 Å². The summed E-state index contributed by atoms with van der Waals surface area (Å²) in [7, 11) is 1.10. The van der Waals surface area contributed by atoms with E-state index in [1.807, 2.05) is 30.3 Å². The number of amides is 3. The maximum absolute atomic E-state index is 13.0.